The zero-order chi connectivity index (χ0) is 11.3. The Balaban J connectivity index is 4.31. The van der Waals surface area contributed by atoms with Gasteiger partial charge in [0, 0.05) is 0 Å². The van der Waals surface area contributed by atoms with Gasteiger partial charge in [-0.15, -0.1) is 0 Å². The number of carbonyl (C=O) groups is 2. The van der Waals surface area contributed by atoms with Crippen LogP contribution in [-0.2, 0) is 9.59 Å². The van der Waals surface area contributed by atoms with Crippen molar-refractivity contribution in [2.75, 3.05) is 6.61 Å². The predicted molar refractivity (Wildman–Crippen MR) is 46.3 cm³/mol. The molecule has 0 aromatic heterocycles. The minimum atomic E-state index is -1.42. The highest BCUT2D eigenvalue weighted by Crippen LogP contribution is 1.93. The summed E-state index contributed by atoms with van der Waals surface area (Å²) in [6.07, 6.45) is -1.23. The highest BCUT2D eigenvalue weighted by Gasteiger charge is 2.26. The summed E-state index contributed by atoms with van der Waals surface area (Å²) in [4.78, 5) is 21.5. The number of hydrogen-bond acceptors (Lipinski definition) is 5. The summed E-state index contributed by atoms with van der Waals surface area (Å²) >= 11 is 0. The van der Waals surface area contributed by atoms with E-state index in [1.807, 2.05) is 5.32 Å². The van der Waals surface area contributed by atoms with Gasteiger partial charge in [0.05, 0.1) is 12.7 Å². The predicted octanol–water partition coefficient (Wildman–Crippen LogP) is -2.74. The molecule has 7 nitrogen and oxygen atoms in total. The van der Waals surface area contributed by atoms with Gasteiger partial charge >= 0.3 is 5.97 Å². The van der Waals surface area contributed by atoms with Crippen molar-refractivity contribution in [2.24, 2.45) is 5.73 Å². The first-order valence-electron chi connectivity index (χ1n) is 3.97. The Morgan fingerprint density at radius 1 is 1.50 bits per heavy atom. The molecule has 0 fully saturated rings. The van der Waals surface area contributed by atoms with Crippen LogP contribution in [0.5, 0.6) is 0 Å². The standard InChI is InChI=1S/C7H14N2O5/c1-3(11)5(7(13)14)9-6(12)4(8)2-10/h3-5,10-11H,2,8H2,1H3,(H,9,12)(H,13,14)/t3-,4-,5+/m0/s1. The highest BCUT2D eigenvalue weighted by molar-refractivity contribution is 5.87. The van der Waals surface area contributed by atoms with Gasteiger partial charge in [-0.1, -0.05) is 0 Å². The van der Waals surface area contributed by atoms with Crippen molar-refractivity contribution >= 4 is 11.9 Å². The average Bonchev–Trinajstić information content (AvgIpc) is 2.11. The number of carbonyl (C=O) groups excluding carboxylic acids is 1. The first kappa shape index (κ1) is 12.8. The first-order valence-corrected chi connectivity index (χ1v) is 3.97. The van der Waals surface area contributed by atoms with E-state index < -0.39 is 36.7 Å². The van der Waals surface area contributed by atoms with E-state index in [1.54, 1.807) is 0 Å². The normalized spacial score (nSPS) is 16.9. The maximum Gasteiger partial charge on any atom is 0.328 e. The summed E-state index contributed by atoms with van der Waals surface area (Å²) in [7, 11) is 0. The van der Waals surface area contributed by atoms with Gasteiger partial charge in [0.1, 0.15) is 6.04 Å². The molecule has 0 aromatic rings. The van der Waals surface area contributed by atoms with Crippen LogP contribution in [0.15, 0.2) is 0 Å². The van der Waals surface area contributed by atoms with Gasteiger partial charge in [0.25, 0.3) is 0 Å². The molecule has 0 saturated carbocycles. The fraction of sp³-hybridized carbons (Fsp3) is 0.714. The molecule has 82 valence electrons. The van der Waals surface area contributed by atoms with E-state index in [9.17, 15) is 9.59 Å². The van der Waals surface area contributed by atoms with Crippen molar-refractivity contribution in [2.45, 2.75) is 25.1 Å². The molecule has 0 aliphatic carbocycles. The lowest BCUT2D eigenvalue weighted by atomic mass is 10.1. The molecule has 0 aliphatic heterocycles. The summed E-state index contributed by atoms with van der Waals surface area (Å²) in [5, 5.41) is 28.0. The largest absolute Gasteiger partial charge is 0.480 e. The topological polar surface area (TPSA) is 133 Å². The molecule has 0 rings (SSSR count). The Morgan fingerprint density at radius 2 is 2.00 bits per heavy atom. The van der Waals surface area contributed by atoms with Crippen molar-refractivity contribution in [3.05, 3.63) is 0 Å². The monoisotopic (exact) mass is 206 g/mol. The molecule has 0 bridgehead atoms. The molecule has 3 atom stereocenters. The Hall–Kier alpha value is -1.18. The van der Waals surface area contributed by atoms with Gasteiger partial charge in [-0.05, 0) is 6.92 Å². The second-order valence-electron chi connectivity index (χ2n) is 2.85. The van der Waals surface area contributed by atoms with Gasteiger partial charge in [0.15, 0.2) is 6.04 Å². The second kappa shape index (κ2) is 5.53. The fourth-order valence-electron chi connectivity index (χ4n) is 0.732. The lowest BCUT2D eigenvalue weighted by Gasteiger charge is -2.18. The van der Waals surface area contributed by atoms with E-state index in [1.165, 1.54) is 6.92 Å². The molecule has 6 N–H and O–H groups in total. The van der Waals surface area contributed by atoms with E-state index in [2.05, 4.69) is 0 Å². The number of carboxylic acids is 1. The maximum absolute atomic E-state index is 11.0. The minimum absolute atomic E-state index is 0.585. The molecule has 0 unspecified atom stereocenters. The van der Waals surface area contributed by atoms with E-state index in [-0.39, 0.29) is 0 Å². The zero-order valence-electron chi connectivity index (χ0n) is 7.67. The first-order chi connectivity index (χ1) is 6.40. The van der Waals surface area contributed by atoms with E-state index in [0.29, 0.717) is 0 Å². The van der Waals surface area contributed by atoms with Crippen LogP contribution < -0.4 is 11.1 Å². The number of hydrogen-bond donors (Lipinski definition) is 5. The van der Waals surface area contributed by atoms with Crippen molar-refractivity contribution in [1.82, 2.24) is 5.32 Å². The zero-order valence-corrected chi connectivity index (χ0v) is 7.67. The molecule has 7 heteroatoms. The molecular formula is C7H14N2O5. The molecule has 0 radical (unpaired) electrons. The molecule has 14 heavy (non-hydrogen) atoms. The van der Waals surface area contributed by atoms with E-state index >= 15 is 0 Å². The number of aliphatic carboxylic acids is 1. The lowest BCUT2D eigenvalue weighted by Crippen LogP contribution is -2.53. The third kappa shape index (κ3) is 3.69. The number of aliphatic hydroxyl groups is 2. The maximum atomic E-state index is 11.0. The number of nitrogens with one attached hydrogen (secondary N) is 1. The Labute approximate surface area is 80.5 Å². The van der Waals surface area contributed by atoms with Crippen molar-refractivity contribution in [1.29, 1.82) is 0 Å². The van der Waals surface area contributed by atoms with Crippen molar-refractivity contribution < 1.29 is 24.9 Å². The molecule has 0 spiro atoms. The molecular weight excluding hydrogens is 192 g/mol. The highest BCUT2D eigenvalue weighted by atomic mass is 16.4. The fourth-order valence-corrected chi connectivity index (χ4v) is 0.732. The second-order valence-corrected chi connectivity index (χ2v) is 2.85. The van der Waals surface area contributed by atoms with Gasteiger partial charge in [-0.25, -0.2) is 4.79 Å². The van der Waals surface area contributed by atoms with Crippen LogP contribution >= 0.6 is 0 Å². The molecule has 0 aliphatic rings. The number of amides is 1. The van der Waals surface area contributed by atoms with Crippen LogP contribution in [-0.4, -0.2) is 52.0 Å². The summed E-state index contributed by atoms with van der Waals surface area (Å²) in [6, 6.07) is -2.60. The lowest BCUT2D eigenvalue weighted by molar-refractivity contribution is -0.145. The van der Waals surface area contributed by atoms with Crippen molar-refractivity contribution in [3.8, 4) is 0 Å². The van der Waals surface area contributed by atoms with Crippen LogP contribution in [0.3, 0.4) is 0 Å². The van der Waals surface area contributed by atoms with Crippen LogP contribution in [0.4, 0.5) is 0 Å². The van der Waals surface area contributed by atoms with Gasteiger partial charge in [-0.3, -0.25) is 4.79 Å². The van der Waals surface area contributed by atoms with Crippen LogP contribution in [0.1, 0.15) is 6.92 Å². The summed E-state index contributed by atoms with van der Waals surface area (Å²) in [5.41, 5.74) is 5.13. The van der Waals surface area contributed by atoms with Crippen molar-refractivity contribution in [3.63, 3.8) is 0 Å². The van der Waals surface area contributed by atoms with Crippen LogP contribution in [0, 0.1) is 0 Å². The molecule has 0 saturated heterocycles. The van der Waals surface area contributed by atoms with Gasteiger partial charge in [0.2, 0.25) is 5.91 Å². The minimum Gasteiger partial charge on any atom is -0.480 e. The number of nitrogens with two attached hydrogens (primary N) is 1. The molecule has 0 heterocycles. The van der Waals surface area contributed by atoms with Crippen LogP contribution in [0.2, 0.25) is 0 Å². The average molecular weight is 206 g/mol. The molecule has 1 amide bonds. The van der Waals surface area contributed by atoms with E-state index in [0.717, 1.165) is 0 Å². The number of carboxylic acid groups (broad SMARTS) is 1. The number of rotatable bonds is 5. The van der Waals surface area contributed by atoms with Gasteiger partial charge < -0.3 is 26.4 Å². The van der Waals surface area contributed by atoms with E-state index in [4.69, 9.17) is 21.1 Å². The summed E-state index contributed by atoms with van der Waals surface area (Å²) in [5.74, 6) is -2.18. The quantitative estimate of drug-likeness (QED) is 0.331. The molecule has 0 aromatic carbocycles. The smallest absolute Gasteiger partial charge is 0.328 e. The summed E-state index contributed by atoms with van der Waals surface area (Å²) < 4.78 is 0. The Bertz CT molecular complexity index is 218. The van der Waals surface area contributed by atoms with Gasteiger partial charge in [-0.2, -0.15) is 0 Å². The summed E-state index contributed by atoms with van der Waals surface area (Å²) in [6.45, 7) is 0.640. The van der Waals surface area contributed by atoms with Crippen LogP contribution in [0.25, 0.3) is 0 Å². The Kier molecular flexibility index (Phi) is 5.06. The third-order valence-electron chi connectivity index (χ3n) is 1.58. The number of aliphatic hydroxyl groups excluding tert-OH is 2. The SMILES string of the molecule is C[C@H](O)[C@@H](NC(=O)[C@@H](N)CO)C(=O)O. The Morgan fingerprint density at radius 3 is 2.29 bits per heavy atom. The third-order valence-corrected chi connectivity index (χ3v) is 1.58.